The first-order valence-electron chi connectivity index (χ1n) is 8.56. The Morgan fingerprint density at radius 3 is 2.55 bits per heavy atom. The number of carbonyl (C=O) groups is 1. The molecule has 1 aromatic heterocycles. The third-order valence-electron chi connectivity index (χ3n) is 4.05. The van der Waals surface area contributed by atoms with Crippen molar-refractivity contribution in [3.05, 3.63) is 81.1 Å². The van der Waals surface area contributed by atoms with Crippen LogP contribution in [0.2, 0.25) is 5.02 Å². The molecule has 10 heteroatoms. The number of amides is 1. The highest BCUT2D eigenvalue weighted by atomic mass is 35.5. The van der Waals surface area contributed by atoms with Crippen molar-refractivity contribution < 1.29 is 9.72 Å². The van der Waals surface area contributed by atoms with Gasteiger partial charge in [0.25, 0.3) is 0 Å². The normalized spacial score (nSPS) is 10.3. The Kier molecular flexibility index (Phi) is 6.20. The molecule has 29 heavy (non-hydrogen) atoms. The molecule has 0 fully saturated rings. The molecular weight excluding hydrogens is 396 g/mol. The van der Waals surface area contributed by atoms with E-state index in [9.17, 15) is 14.9 Å². The number of nitrogens with one attached hydrogen (secondary N) is 3. The SMILES string of the molecule is Cc1c(Cl)cccc1Nc1ncnc(NNC(=O)Cc2ccccc2)c1[N+](=O)[O-]. The molecular formula is C19H17ClN6O3. The Hall–Kier alpha value is -3.72. The number of halogens is 1. The van der Waals surface area contributed by atoms with E-state index in [0.717, 1.165) is 11.9 Å². The van der Waals surface area contributed by atoms with Gasteiger partial charge in [-0.25, -0.2) is 9.97 Å². The number of hydrogen-bond donors (Lipinski definition) is 3. The van der Waals surface area contributed by atoms with Crippen LogP contribution in [0.1, 0.15) is 11.1 Å². The van der Waals surface area contributed by atoms with Gasteiger partial charge in [0.15, 0.2) is 0 Å². The fourth-order valence-electron chi connectivity index (χ4n) is 2.56. The summed E-state index contributed by atoms with van der Waals surface area (Å²) in [6.07, 6.45) is 1.26. The first-order chi connectivity index (χ1) is 14.0. The summed E-state index contributed by atoms with van der Waals surface area (Å²) in [4.78, 5) is 30.9. The molecule has 3 rings (SSSR count). The van der Waals surface area contributed by atoms with Crippen LogP contribution < -0.4 is 16.2 Å². The second-order valence-electron chi connectivity index (χ2n) is 6.05. The largest absolute Gasteiger partial charge is 0.355 e. The van der Waals surface area contributed by atoms with E-state index in [1.54, 1.807) is 25.1 Å². The van der Waals surface area contributed by atoms with Crippen LogP contribution in [0, 0.1) is 17.0 Å². The topological polar surface area (TPSA) is 122 Å². The molecule has 0 spiro atoms. The minimum atomic E-state index is -0.631. The third-order valence-corrected chi connectivity index (χ3v) is 4.46. The van der Waals surface area contributed by atoms with Gasteiger partial charge in [0.2, 0.25) is 17.5 Å². The van der Waals surface area contributed by atoms with E-state index in [1.807, 2.05) is 30.3 Å². The third kappa shape index (κ3) is 4.96. The average Bonchev–Trinajstić information content (AvgIpc) is 2.70. The maximum absolute atomic E-state index is 12.1. The standard InChI is InChI=1S/C19H17ClN6O3/c1-12-14(20)8-5-9-15(12)23-18-17(26(28)29)19(22-11-21-18)25-24-16(27)10-13-6-3-2-4-7-13/h2-9,11H,10H2,1H3,(H,24,27)(H2,21,22,23,25). The van der Waals surface area contributed by atoms with Gasteiger partial charge in [-0.2, -0.15) is 0 Å². The molecule has 0 atom stereocenters. The molecule has 1 amide bonds. The zero-order chi connectivity index (χ0) is 20.8. The van der Waals surface area contributed by atoms with E-state index in [-0.39, 0.29) is 24.0 Å². The number of carbonyl (C=O) groups excluding carboxylic acids is 1. The smallest absolute Gasteiger partial charge is 0.334 e. The van der Waals surface area contributed by atoms with Crippen LogP contribution >= 0.6 is 11.6 Å². The average molecular weight is 413 g/mol. The number of anilines is 3. The van der Waals surface area contributed by atoms with E-state index in [4.69, 9.17) is 11.6 Å². The number of nitro groups is 1. The Morgan fingerprint density at radius 2 is 1.83 bits per heavy atom. The molecule has 148 valence electrons. The lowest BCUT2D eigenvalue weighted by atomic mass is 10.1. The maximum atomic E-state index is 12.1. The van der Waals surface area contributed by atoms with Crippen LogP contribution in [-0.4, -0.2) is 20.8 Å². The molecule has 9 nitrogen and oxygen atoms in total. The molecule has 0 saturated heterocycles. The zero-order valence-electron chi connectivity index (χ0n) is 15.3. The van der Waals surface area contributed by atoms with E-state index in [0.29, 0.717) is 16.3 Å². The summed E-state index contributed by atoms with van der Waals surface area (Å²) in [5.74, 6) is -0.548. The second-order valence-corrected chi connectivity index (χ2v) is 6.46. The Balaban J connectivity index is 1.79. The summed E-state index contributed by atoms with van der Waals surface area (Å²) in [5, 5.41) is 15.0. The monoisotopic (exact) mass is 412 g/mol. The number of hydrazine groups is 1. The second kappa shape index (κ2) is 8.98. The summed E-state index contributed by atoms with van der Waals surface area (Å²) in [7, 11) is 0. The number of hydrogen-bond acceptors (Lipinski definition) is 7. The van der Waals surface area contributed by atoms with Gasteiger partial charge in [-0.1, -0.05) is 48.0 Å². The minimum absolute atomic E-state index is 0.0322. The Bertz CT molecular complexity index is 1050. The molecule has 1 heterocycles. The fourth-order valence-corrected chi connectivity index (χ4v) is 2.73. The van der Waals surface area contributed by atoms with Crippen molar-refractivity contribution >= 4 is 40.5 Å². The van der Waals surface area contributed by atoms with Crippen molar-refractivity contribution in [1.29, 1.82) is 0 Å². The minimum Gasteiger partial charge on any atom is -0.334 e. The lowest BCUT2D eigenvalue weighted by Crippen LogP contribution is -2.31. The van der Waals surface area contributed by atoms with Crippen molar-refractivity contribution in [3.8, 4) is 0 Å². The summed E-state index contributed by atoms with van der Waals surface area (Å²) in [5.41, 5.74) is 6.61. The molecule has 0 unspecified atom stereocenters. The summed E-state index contributed by atoms with van der Waals surface area (Å²) in [6, 6.07) is 14.3. The van der Waals surface area contributed by atoms with Crippen molar-refractivity contribution in [2.75, 3.05) is 10.7 Å². The quantitative estimate of drug-likeness (QED) is 0.398. The molecule has 3 aromatic rings. The first-order valence-corrected chi connectivity index (χ1v) is 8.94. The van der Waals surface area contributed by atoms with Gasteiger partial charge in [0.05, 0.1) is 11.3 Å². The number of nitrogens with zero attached hydrogens (tertiary/aromatic N) is 3. The van der Waals surface area contributed by atoms with E-state index in [1.165, 1.54) is 0 Å². The first kappa shape index (κ1) is 20.0. The molecule has 3 N–H and O–H groups in total. The highest BCUT2D eigenvalue weighted by Gasteiger charge is 2.24. The van der Waals surface area contributed by atoms with Gasteiger partial charge in [-0.15, -0.1) is 0 Å². The predicted molar refractivity (Wildman–Crippen MR) is 110 cm³/mol. The highest BCUT2D eigenvalue weighted by molar-refractivity contribution is 6.31. The van der Waals surface area contributed by atoms with Crippen LogP contribution in [-0.2, 0) is 11.2 Å². The van der Waals surface area contributed by atoms with Crippen LogP contribution in [0.5, 0.6) is 0 Å². The van der Waals surface area contributed by atoms with E-state index < -0.39 is 10.6 Å². The zero-order valence-corrected chi connectivity index (χ0v) is 16.1. The van der Waals surface area contributed by atoms with Crippen LogP contribution in [0.15, 0.2) is 54.9 Å². The van der Waals surface area contributed by atoms with Gasteiger partial charge in [-0.05, 0) is 30.2 Å². The highest BCUT2D eigenvalue weighted by Crippen LogP contribution is 2.33. The van der Waals surface area contributed by atoms with Gasteiger partial charge < -0.3 is 5.32 Å². The summed E-state index contributed by atoms with van der Waals surface area (Å²) >= 11 is 6.10. The van der Waals surface area contributed by atoms with Gasteiger partial charge >= 0.3 is 5.69 Å². The van der Waals surface area contributed by atoms with Gasteiger partial charge in [0, 0.05) is 10.7 Å². The number of rotatable bonds is 7. The van der Waals surface area contributed by atoms with Crippen LogP contribution in [0.3, 0.4) is 0 Å². The van der Waals surface area contributed by atoms with Crippen molar-refractivity contribution in [2.45, 2.75) is 13.3 Å². The molecule has 0 bridgehead atoms. The lowest BCUT2D eigenvalue weighted by Gasteiger charge is -2.12. The van der Waals surface area contributed by atoms with Crippen LogP contribution in [0.25, 0.3) is 0 Å². The predicted octanol–water partition coefficient (Wildman–Crippen LogP) is 3.78. The van der Waals surface area contributed by atoms with Crippen molar-refractivity contribution in [3.63, 3.8) is 0 Å². The van der Waals surface area contributed by atoms with Crippen molar-refractivity contribution in [2.24, 2.45) is 0 Å². The van der Waals surface area contributed by atoms with E-state index >= 15 is 0 Å². The molecule has 0 aliphatic rings. The number of benzene rings is 2. The molecule has 0 saturated carbocycles. The Labute approximate surface area is 171 Å². The van der Waals surface area contributed by atoms with E-state index in [2.05, 4.69) is 26.1 Å². The summed E-state index contributed by atoms with van der Waals surface area (Å²) in [6.45, 7) is 1.78. The van der Waals surface area contributed by atoms with Gasteiger partial charge in [-0.3, -0.25) is 25.8 Å². The van der Waals surface area contributed by atoms with Crippen LogP contribution in [0.4, 0.5) is 23.0 Å². The lowest BCUT2D eigenvalue weighted by molar-refractivity contribution is -0.383. The molecule has 0 radical (unpaired) electrons. The molecule has 0 aliphatic carbocycles. The van der Waals surface area contributed by atoms with Gasteiger partial charge in [0.1, 0.15) is 6.33 Å². The molecule has 2 aromatic carbocycles. The van der Waals surface area contributed by atoms with Crippen molar-refractivity contribution in [1.82, 2.24) is 15.4 Å². The number of aromatic nitrogens is 2. The maximum Gasteiger partial charge on any atom is 0.355 e. The fraction of sp³-hybridized carbons (Fsp3) is 0.105. The Morgan fingerprint density at radius 1 is 1.10 bits per heavy atom. The summed E-state index contributed by atoms with van der Waals surface area (Å²) < 4.78 is 0. The molecule has 0 aliphatic heterocycles.